The van der Waals surface area contributed by atoms with Gasteiger partial charge in [0.15, 0.2) is 0 Å². The van der Waals surface area contributed by atoms with Gasteiger partial charge in [0.25, 0.3) is 0 Å². The van der Waals surface area contributed by atoms with Crippen molar-refractivity contribution in [2.75, 3.05) is 0 Å². The molecule has 0 spiro atoms. The monoisotopic (exact) mass is 764 g/mol. The van der Waals surface area contributed by atoms with Crippen molar-refractivity contribution in [3.63, 3.8) is 0 Å². The molecule has 0 aliphatic rings. The summed E-state index contributed by atoms with van der Waals surface area (Å²) < 4.78 is 0. The second kappa shape index (κ2) is 13.7. The summed E-state index contributed by atoms with van der Waals surface area (Å²) in [6.07, 6.45) is 1.82. The zero-order chi connectivity index (χ0) is 39.6. The van der Waals surface area contributed by atoms with Crippen LogP contribution in [0.25, 0.3) is 122 Å². The van der Waals surface area contributed by atoms with Crippen LogP contribution in [0.4, 0.5) is 0 Å². The maximum Gasteiger partial charge on any atom is 0.0973 e. The lowest BCUT2D eigenvalue weighted by Crippen LogP contribution is -1.92. The molecule has 6 aromatic heterocycles. The van der Waals surface area contributed by atoms with Gasteiger partial charge in [-0.25, -0.2) is 24.9 Å². The predicted molar refractivity (Wildman–Crippen MR) is 245 cm³/mol. The van der Waals surface area contributed by atoms with E-state index < -0.39 is 0 Å². The zero-order valence-electron chi connectivity index (χ0n) is 32.2. The van der Waals surface area contributed by atoms with Crippen LogP contribution in [0, 0.1) is 0 Å². The fourth-order valence-corrected chi connectivity index (χ4v) is 8.32. The molecule has 278 valence electrons. The first-order valence-electron chi connectivity index (χ1n) is 20.0. The summed E-state index contributed by atoms with van der Waals surface area (Å²) in [6, 6.07) is 65.1. The van der Waals surface area contributed by atoms with Crippen molar-refractivity contribution in [2.24, 2.45) is 0 Å². The molecular formula is C54H32N6. The third-order valence-corrected chi connectivity index (χ3v) is 11.4. The van der Waals surface area contributed by atoms with Crippen LogP contribution in [0.2, 0.25) is 0 Å². The van der Waals surface area contributed by atoms with Gasteiger partial charge in [-0.2, -0.15) is 0 Å². The number of fused-ring (bicyclic) bond motifs is 8. The highest BCUT2D eigenvalue weighted by atomic mass is 14.8. The first-order chi connectivity index (χ1) is 29.7. The lowest BCUT2D eigenvalue weighted by molar-refractivity contribution is 1.31. The number of rotatable bonds is 5. The molecule has 0 bridgehead atoms. The molecule has 60 heavy (non-hydrogen) atoms. The van der Waals surface area contributed by atoms with Crippen LogP contribution in [-0.4, -0.2) is 29.9 Å². The van der Waals surface area contributed by atoms with Gasteiger partial charge in [0.2, 0.25) is 0 Å². The lowest BCUT2D eigenvalue weighted by atomic mass is 10.00. The molecule has 0 fully saturated rings. The molecule has 0 aliphatic heterocycles. The summed E-state index contributed by atoms with van der Waals surface area (Å²) in [6.45, 7) is 0. The molecule has 12 rings (SSSR count). The summed E-state index contributed by atoms with van der Waals surface area (Å²) in [5.74, 6) is 0. The number of aromatic nitrogens is 6. The van der Waals surface area contributed by atoms with Crippen LogP contribution >= 0.6 is 0 Å². The maximum atomic E-state index is 5.14. The summed E-state index contributed by atoms with van der Waals surface area (Å²) in [4.78, 5) is 30.1. The molecular weight excluding hydrogens is 733 g/mol. The molecule has 0 N–H and O–H groups in total. The number of benzene rings is 6. The minimum atomic E-state index is 0.817. The molecule has 6 heterocycles. The Labute approximate surface area is 344 Å². The molecule has 0 amide bonds. The topological polar surface area (TPSA) is 77.3 Å². The van der Waals surface area contributed by atoms with E-state index in [1.54, 1.807) is 0 Å². The first-order valence-corrected chi connectivity index (χ1v) is 20.0. The summed E-state index contributed by atoms with van der Waals surface area (Å²) in [5, 5.41) is 6.41. The number of hydrogen-bond acceptors (Lipinski definition) is 6. The van der Waals surface area contributed by atoms with Gasteiger partial charge in [-0.15, -0.1) is 0 Å². The minimum absolute atomic E-state index is 0.817. The standard InChI is InChI=1S/C54H32N6/c1-2-6-33(7-3-1)44-22-15-36-13-14-37-17-27-50(60-54(37)53(36)58-44)49-28-21-43-31-39(19-25-47(43)57-49)38-18-24-46-42(30-38)20-26-45(56-46)40-8-4-9-41(32-40)48-23-16-35-12-11-34-10-5-29-55-51(34)52(35)59-48/h1-32H. The average molecular weight is 765 g/mol. The van der Waals surface area contributed by atoms with E-state index in [1.807, 2.05) is 36.5 Å². The maximum absolute atomic E-state index is 5.14. The van der Waals surface area contributed by atoms with Gasteiger partial charge in [-0.05, 0) is 77.9 Å². The van der Waals surface area contributed by atoms with E-state index in [4.69, 9.17) is 24.9 Å². The molecule has 0 atom stereocenters. The van der Waals surface area contributed by atoms with Gasteiger partial charge in [0.1, 0.15) is 0 Å². The first kappa shape index (κ1) is 33.9. The van der Waals surface area contributed by atoms with E-state index in [2.05, 4.69) is 163 Å². The summed E-state index contributed by atoms with van der Waals surface area (Å²) >= 11 is 0. The van der Waals surface area contributed by atoms with E-state index in [-0.39, 0.29) is 0 Å². The SMILES string of the molecule is c1ccc(-c2ccc3ccc4ccc(-c5ccc6cc(-c7ccc8nc(-c9cccc(-c%10ccc%11ccc%12cccnc%12c%11n%10)c9)ccc8c7)ccc6n5)nc4c3n2)cc1. The highest BCUT2D eigenvalue weighted by molar-refractivity contribution is 6.05. The molecule has 6 heteroatoms. The fourth-order valence-electron chi connectivity index (χ4n) is 8.32. The van der Waals surface area contributed by atoms with E-state index in [0.717, 1.165) is 122 Å². The van der Waals surface area contributed by atoms with Crippen molar-refractivity contribution in [2.45, 2.75) is 0 Å². The summed E-state index contributed by atoms with van der Waals surface area (Å²) in [7, 11) is 0. The van der Waals surface area contributed by atoms with Gasteiger partial charge < -0.3 is 0 Å². The zero-order valence-corrected chi connectivity index (χ0v) is 32.2. The van der Waals surface area contributed by atoms with Crippen LogP contribution in [0.15, 0.2) is 194 Å². The Morgan fingerprint density at radius 1 is 0.233 bits per heavy atom. The molecule has 0 aliphatic carbocycles. The third kappa shape index (κ3) is 5.89. The quantitative estimate of drug-likeness (QED) is 0.162. The molecule has 0 radical (unpaired) electrons. The number of hydrogen-bond donors (Lipinski definition) is 0. The van der Waals surface area contributed by atoms with Crippen LogP contribution in [0.1, 0.15) is 0 Å². The van der Waals surface area contributed by atoms with Crippen LogP contribution in [0.3, 0.4) is 0 Å². The van der Waals surface area contributed by atoms with Crippen molar-refractivity contribution >= 4 is 65.4 Å². The van der Waals surface area contributed by atoms with E-state index in [1.165, 1.54) is 0 Å². The average Bonchev–Trinajstić information content (AvgIpc) is 3.33. The Bertz CT molecular complexity index is 3680. The predicted octanol–water partition coefficient (Wildman–Crippen LogP) is 13.3. The van der Waals surface area contributed by atoms with Crippen molar-refractivity contribution in [3.05, 3.63) is 194 Å². The van der Waals surface area contributed by atoms with Crippen LogP contribution in [0.5, 0.6) is 0 Å². The number of nitrogens with zero attached hydrogens (tertiary/aromatic N) is 6. The van der Waals surface area contributed by atoms with E-state index in [9.17, 15) is 0 Å². The number of pyridine rings is 6. The molecule has 6 aromatic carbocycles. The molecule has 12 aromatic rings. The van der Waals surface area contributed by atoms with Crippen molar-refractivity contribution in [1.82, 2.24) is 29.9 Å². The second-order valence-corrected chi connectivity index (χ2v) is 15.2. The van der Waals surface area contributed by atoms with Crippen LogP contribution < -0.4 is 0 Å². The molecule has 6 nitrogen and oxygen atoms in total. The van der Waals surface area contributed by atoms with E-state index in [0.29, 0.717) is 0 Å². The highest BCUT2D eigenvalue weighted by Crippen LogP contribution is 2.33. The largest absolute Gasteiger partial charge is 0.254 e. The Hall–Kier alpha value is -8.22. The van der Waals surface area contributed by atoms with E-state index >= 15 is 0 Å². The molecule has 0 saturated heterocycles. The van der Waals surface area contributed by atoms with Gasteiger partial charge in [0, 0.05) is 55.2 Å². The fraction of sp³-hybridized carbons (Fsp3) is 0. The minimum Gasteiger partial charge on any atom is -0.254 e. The van der Waals surface area contributed by atoms with Crippen molar-refractivity contribution in [1.29, 1.82) is 0 Å². The van der Waals surface area contributed by atoms with Crippen molar-refractivity contribution in [3.8, 4) is 56.3 Å². The normalized spacial score (nSPS) is 11.7. The van der Waals surface area contributed by atoms with Gasteiger partial charge >= 0.3 is 0 Å². The Kier molecular flexibility index (Phi) is 7.74. The van der Waals surface area contributed by atoms with Crippen LogP contribution in [-0.2, 0) is 0 Å². The van der Waals surface area contributed by atoms with Gasteiger partial charge in [-0.1, -0.05) is 121 Å². The Balaban J connectivity index is 0.832. The second-order valence-electron chi connectivity index (χ2n) is 15.2. The lowest BCUT2D eigenvalue weighted by Gasteiger charge is -2.10. The summed E-state index contributed by atoms with van der Waals surface area (Å²) in [5.41, 5.74) is 15.2. The highest BCUT2D eigenvalue weighted by Gasteiger charge is 2.13. The third-order valence-electron chi connectivity index (χ3n) is 11.4. The van der Waals surface area contributed by atoms with Gasteiger partial charge in [0.05, 0.1) is 61.6 Å². The Morgan fingerprint density at radius 3 is 1.28 bits per heavy atom. The molecule has 0 saturated carbocycles. The molecule has 0 unspecified atom stereocenters. The Morgan fingerprint density at radius 2 is 0.667 bits per heavy atom. The van der Waals surface area contributed by atoms with Gasteiger partial charge in [-0.3, -0.25) is 4.98 Å². The van der Waals surface area contributed by atoms with Crippen molar-refractivity contribution < 1.29 is 0 Å². The smallest absolute Gasteiger partial charge is 0.0973 e.